The lowest BCUT2D eigenvalue weighted by molar-refractivity contribution is -0.128. The first-order valence-electron chi connectivity index (χ1n) is 9.72. The molecule has 1 saturated heterocycles. The molecule has 3 aromatic rings. The number of ether oxygens (including phenoxy) is 1. The highest BCUT2D eigenvalue weighted by molar-refractivity contribution is 6.33. The van der Waals surface area contributed by atoms with Crippen molar-refractivity contribution in [3.63, 3.8) is 0 Å². The SMILES string of the molecule is CCCOc1ccc(CN2CC(c3nc(-c4ccccc4Cl)no3)CC2=O)cc1. The summed E-state index contributed by atoms with van der Waals surface area (Å²) in [7, 11) is 0. The summed E-state index contributed by atoms with van der Waals surface area (Å²) in [5.41, 5.74) is 1.78. The summed E-state index contributed by atoms with van der Waals surface area (Å²) in [6.45, 7) is 3.88. The van der Waals surface area contributed by atoms with Crippen molar-refractivity contribution in [3.05, 3.63) is 65.0 Å². The van der Waals surface area contributed by atoms with Crippen LogP contribution in [-0.2, 0) is 11.3 Å². The highest BCUT2D eigenvalue weighted by atomic mass is 35.5. The van der Waals surface area contributed by atoms with Crippen molar-refractivity contribution in [3.8, 4) is 17.1 Å². The van der Waals surface area contributed by atoms with Gasteiger partial charge in [0.15, 0.2) is 0 Å². The van der Waals surface area contributed by atoms with Gasteiger partial charge in [-0.05, 0) is 36.2 Å². The summed E-state index contributed by atoms with van der Waals surface area (Å²) in [5.74, 6) is 1.73. The highest BCUT2D eigenvalue weighted by Crippen LogP contribution is 2.31. The smallest absolute Gasteiger partial charge is 0.232 e. The van der Waals surface area contributed by atoms with Gasteiger partial charge in [0.2, 0.25) is 17.6 Å². The Bertz CT molecular complexity index is 987. The molecule has 0 radical (unpaired) electrons. The molecule has 0 saturated carbocycles. The lowest BCUT2D eigenvalue weighted by Crippen LogP contribution is -2.24. The van der Waals surface area contributed by atoms with Crippen LogP contribution in [0.5, 0.6) is 5.75 Å². The minimum Gasteiger partial charge on any atom is -0.494 e. The monoisotopic (exact) mass is 411 g/mol. The Labute approximate surface area is 174 Å². The van der Waals surface area contributed by atoms with Crippen LogP contribution in [-0.4, -0.2) is 34.1 Å². The van der Waals surface area contributed by atoms with Crippen LogP contribution in [0, 0.1) is 0 Å². The van der Waals surface area contributed by atoms with Gasteiger partial charge in [-0.2, -0.15) is 4.98 Å². The van der Waals surface area contributed by atoms with E-state index < -0.39 is 0 Å². The Hall–Kier alpha value is -2.86. The molecule has 1 amide bonds. The van der Waals surface area contributed by atoms with Crippen molar-refractivity contribution in [1.29, 1.82) is 0 Å². The van der Waals surface area contributed by atoms with E-state index in [2.05, 4.69) is 17.1 Å². The van der Waals surface area contributed by atoms with Crippen molar-refractivity contribution in [1.82, 2.24) is 15.0 Å². The van der Waals surface area contributed by atoms with Crippen molar-refractivity contribution < 1.29 is 14.1 Å². The summed E-state index contributed by atoms with van der Waals surface area (Å²) in [6, 6.07) is 15.2. The van der Waals surface area contributed by atoms with E-state index in [0.717, 1.165) is 23.3 Å². The second-order valence-electron chi connectivity index (χ2n) is 7.10. The zero-order chi connectivity index (χ0) is 20.2. The first kappa shape index (κ1) is 19.5. The van der Waals surface area contributed by atoms with Gasteiger partial charge < -0.3 is 14.2 Å². The van der Waals surface area contributed by atoms with E-state index in [9.17, 15) is 4.79 Å². The Balaban J connectivity index is 1.41. The summed E-state index contributed by atoms with van der Waals surface area (Å²) in [5, 5.41) is 4.61. The zero-order valence-corrected chi connectivity index (χ0v) is 16.9. The molecule has 2 heterocycles. The molecule has 6 nitrogen and oxygen atoms in total. The normalized spacial score (nSPS) is 16.4. The fourth-order valence-corrected chi connectivity index (χ4v) is 3.60. The molecule has 0 spiro atoms. The molecule has 1 fully saturated rings. The molecule has 29 heavy (non-hydrogen) atoms. The maximum absolute atomic E-state index is 12.5. The minimum absolute atomic E-state index is 0.0822. The molecule has 1 unspecified atom stereocenters. The number of carbonyl (C=O) groups is 1. The van der Waals surface area contributed by atoms with E-state index in [1.165, 1.54) is 0 Å². The topological polar surface area (TPSA) is 68.5 Å². The summed E-state index contributed by atoms with van der Waals surface area (Å²) in [6.07, 6.45) is 1.33. The standard InChI is InChI=1S/C22H22ClN3O3/c1-2-11-28-17-9-7-15(8-10-17)13-26-14-16(12-20(26)27)22-24-21(25-29-22)18-5-3-4-6-19(18)23/h3-10,16H,2,11-14H2,1H3. The van der Waals surface area contributed by atoms with Crippen LogP contribution in [0.1, 0.15) is 37.1 Å². The third kappa shape index (κ3) is 4.43. The Kier molecular flexibility index (Phi) is 5.81. The molecule has 2 aromatic carbocycles. The molecule has 7 heteroatoms. The quantitative estimate of drug-likeness (QED) is 0.563. The molecule has 1 aliphatic heterocycles. The average Bonchev–Trinajstić information content (AvgIpc) is 3.35. The molecule has 4 rings (SSSR count). The van der Waals surface area contributed by atoms with Crippen LogP contribution in [0.2, 0.25) is 5.02 Å². The molecule has 0 aliphatic carbocycles. The van der Waals surface area contributed by atoms with E-state index in [4.69, 9.17) is 20.9 Å². The predicted molar refractivity (Wildman–Crippen MR) is 110 cm³/mol. The first-order chi connectivity index (χ1) is 14.1. The van der Waals surface area contributed by atoms with Crippen LogP contribution < -0.4 is 4.74 Å². The zero-order valence-electron chi connectivity index (χ0n) is 16.2. The summed E-state index contributed by atoms with van der Waals surface area (Å²) >= 11 is 6.21. The van der Waals surface area contributed by atoms with Crippen molar-refractivity contribution in [2.75, 3.05) is 13.2 Å². The fourth-order valence-electron chi connectivity index (χ4n) is 3.37. The predicted octanol–water partition coefficient (Wildman–Crippen LogP) is 4.69. The third-order valence-electron chi connectivity index (χ3n) is 4.89. The number of hydrogen-bond donors (Lipinski definition) is 0. The van der Waals surface area contributed by atoms with Crippen LogP contribution in [0.25, 0.3) is 11.4 Å². The minimum atomic E-state index is -0.113. The third-order valence-corrected chi connectivity index (χ3v) is 5.22. The van der Waals surface area contributed by atoms with E-state index >= 15 is 0 Å². The Morgan fingerprint density at radius 3 is 2.76 bits per heavy atom. The molecular formula is C22H22ClN3O3. The lowest BCUT2D eigenvalue weighted by Gasteiger charge is -2.16. The van der Waals surface area contributed by atoms with Crippen LogP contribution in [0.4, 0.5) is 0 Å². The molecule has 0 N–H and O–H groups in total. The number of likely N-dealkylation sites (tertiary alicyclic amines) is 1. The van der Waals surface area contributed by atoms with E-state index in [-0.39, 0.29) is 11.8 Å². The van der Waals surface area contributed by atoms with Gasteiger partial charge in [-0.3, -0.25) is 4.79 Å². The Morgan fingerprint density at radius 1 is 1.21 bits per heavy atom. The van der Waals surface area contributed by atoms with Crippen molar-refractivity contribution in [2.45, 2.75) is 32.2 Å². The van der Waals surface area contributed by atoms with Crippen LogP contribution in [0.15, 0.2) is 53.1 Å². The van der Waals surface area contributed by atoms with Gasteiger partial charge in [-0.25, -0.2) is 0 Å². The highest BCUT2D eigenvalue weighted by Gasteiger charge is 2.34. The number of rotatable bonds is 7. The molecular weight excluding hydrogens is 390 g/mol. The average molecular weight is 412 g/mol. The number of benzene rings is 2. The number of aromatic nitrogens is 2. The van der Waals surface area contributed by atoms with Gasteiger partial charge in [0.25, 0.3) is 0 Å². The number of hydrogen-bond acceptors (Lipinski definition) is 5. The fraction of sp³-hybridized carbons (Fsp3) is 0.318. The summed E-state index contributed by atoms with van der Waals surface area (Å²) in [4.78, 5) is 18.8. The second-order valence-corrected chi connectivity index (χ2v) is 7.51. The number of nitrogens with zero attached hydrogens (tertiary/aromatic N) is 3. The van der Waals surface area contributed by atoms with E-state index in [0.29, 0.717) is 42.9 Å². The van der Waals surface area contributed by atoms with Gasteiger partial charge in [0.05, 0.1) is 17.5 Å². The van der Waals surface area contributed by atoms with Crippen LogP contribution in [0.3, 0.4) is 0 Å². The number of halogens is 1. The van der Waals surface area contributed by atoms with Gasteiger partial charge in [0, 0.05) is 25.1 Å². The maximum atomic E-state index is 12.5. The maximum Gasteiger partial charge on any atom is 0.232 e. The van der Waals surface area contributed by atoms with Gasteiger partial charge in [0.1, 0.15) is 5.75 Å². The van der Waals surface area contributed by atoms with E-state index in [1.54, 1.807) is 6.07 Å². The summed E-state index contributed by atoms with van der Waals surface area (Å²) < 4.78 is 11.0. The van der Waals surface area contributed by atoms with Gasteiger partial charge in [-0.15, -0.1) is 0 Å². The van der Waals surface area contributed by atoms with E-state index in [1.807, 2.05) is 47.4 Å². The largest absolute Gasteiger partial charge is 0.494 e. The van der Waals surface area contributed by atoms with Crippen LogP contribution >= 0.6 is 11.6 Å². The number of amides is 1. The van der Waals surface area contributed by atoms with Crippen molar-refractivity contribution in [2.24, 2.45) is 0 Å². The molecule has 1 atom stereocenters. The molecule has 150 valence electrons. The van der Waals surface area contributed by atoms with Gasteiger partial charge >= 0.3 is 0 Å². The Morgan fingerprint density at radius 2 is 2.00 bits per heavy atom. The second kappa shape index (κ2) is 8.66. The van der Waals surface area contributed by atoms with Gasteiger partial charge in [-0.1, -0.05) is 47.9 Å². The number of carbonyl (C=O) groups excluding carboxylic acids is 1. The first-order valence-corrected chi connectivity index (χ1v) is 10.1. The molecule has 0 bridgehead atoms. The lowest BCUT2D eigenvalue weighted by atomic mass is 10.1. The van der Waals surface area contributed by atoms with Crippen molar-refractivity contribution >= 4 is 17.5 Å². The molecule has 1 aliphatic rings. The molecule has 1 aromatic heterocycles.